The smallest absolute Gasteiger partial charge is 0.139 e. The van der Waals surface area contributed by atoms with Gasteiger partial charge in [-0.15, -0.1) is 0 Å². The van der Waals surface area contributed by atoms with E-state index in [9.17, 15) is 4.39 Å². The highest BCUT2D eigenvalue weighted by Crippen LogP contribution is 2.40. The maximum Gasteiger partial charge on any atom is 0.139 e. The van der Waals surface area contributed by atoms with Gasteiger partial charge in [-0.1, -0.05) is 20.8 Å². The Labute approximate surface area is 124 Å². The molecule has 1 N–H and O–H groups in total. The highest BCUT2D eigenvalue weighted by molar-refractivity contribution is 9.10. The number of anilines is 1. The van der Waals surface area contributed by atoms with Crippen LogP contribution in [0, 0.1) is 24.1 Å². The van der Waals surface area contributed by atoms with Crippen molar-refractivity contribution in [3.8, 4) is 0 Å². The lowest BCUT2D eigenvalue weighted by Gasteiger charge is -2.39. The Kier molecular flexibility index (Phi) is 4.24. The van der Waals surface area contributed by atoms with Crippen molar-refractivity contribution in [1.29, 1.82) is 0 Å². The molecule has 1 nitrogen and oxygen atoms in total. The fourth-order valence-electron chi connectivity index (χ4n) is 3.48. The minimum atomic E-state index is -0.198. The van der Waals surface area contributed by atoms with Crippen LogP contribution in [0.4, 0.5) is 10.1 Å². The van der Waals surface area contributed by atoms with Gasteiger partial charge in [-0.05, 0) is 71.1 Å². The summed E-state index contributed by atoms with van der Waals surface area (Å²) in [7, 11) is 0. The molecule has 0 heterocycles. The number of benzene rings is 1. The summed E-state index contributed by atoms with van der Waals surface area (Å²) in [4.78, 5) is 0. The van der Waals surface area contributed by atoms with Gasteiger partial charge in [0.1, 0.15) is 5.82 Å². The van der Waals surface area contributed by atoms with E-state index in [2.05, 4.69) is 42.0 Å². The first-order valence-corrected chi connectivity index (χ1v) is 7.78. The van der Waals surface area contributed by atoms with Crippen molar-refractivity contribution in [1.82, 2.24) is 0 Å². The molecule has 1 aromatic rings. The van der Waals surface area contributed by atoms with Gasteiger partial charge in [-0.25, -0.2) is 4.39 Å². The molecule has 1 aliphatic carbocycles. The fourth-order valence-corrected chi connectivity index (χ4v) is 3.94. The zero-order valence-electron chi connectivity index (χ0n) is 12.2. The van der Waals surface area contributed by atoms with Crippen LogP contribution in [-0.2, 0) is 0 Å². The van der Waals surface area contributed by atoms with Gasteiger partial charge in [0, 0.05) is 11.7 Å². The van der Waals surface area contributed by atoms with Crippen molar-refractivity contribution in [2.24, 2.45) is 11.3 Å². The van der Waals surface area contributed by atoms with Gasteiger partial charge < -0.3 is 5.32 Å². The lowest BCUT2D eigenvalue weighted by atomic mass is 9.70. The highest BCUT2D eigenvalue weighted by atomic mass is 79.9. The molecule has 19 heavy (non-hydrogen) atoms. The second kappa shape index (κ2) is 5.43. The van der Waals surface area contributed by atoms with E-state index in [0.29, 0.717) is 15.9 Å². The number of rotatable bonds is 2. The molecule has 1 aliphatic rings. The Morgan fingerprint density at radius 1 is 1.32 bits per heavy atom. The van der Waals surface area contributed by atoms with Crippen molar-refractivity contribution in [3.63, 3.8) is 0 Å². The Morgan fingerprint density at radius 2 is 2.00 bits per heavy atom. The summed E-state index contributed by atoms with van der Waals surface area (Å²) in [5.41, 5.74) is 2.39. The summed E-state index contributed by atoms with van der Waals surface area (Å²) < 4.78 is 14.2. The van der Waals surface area contributed by atoms with Gasteiger partial charge in [-0.2, -0.15) is 0 Å². The molecule has 0 saturated heterocycles. The molecule has 106 valence electrons. The molecule has 2 rings (SSSR count). The Morgan fingerprint density at radius 3 is 2.63 bits per heavy atom. The van der Waals surface area contributed by atoms with E-state index in [4.69, 9.17) is 0 Å². The first-order valence-electron chi connectivity index (χ1n) is 6.99. The normalized spacial score (nSPS) is 26.2. The molecular formula is C16H23BrFN. The first kappa shape index (κ1) is 14.8. The Bertz CT molecular complexity index is 470. The molecule has 0 aliphatic heterocycles. The molecule has 1 fully saturated rings. The van der Waals surface area contributed by atoms with Crippen LogP contribution in [0.2, 0.25) is 0 Å². The number of hydrogen-bond donors (Lipinski definition) is 1. The topological polar surface area (TPSA) is 12.0 Å². The minimum absolute atomic E-state index is 0.198. The van der Waals surface area contributed by atoms with Crippen molar-refractivity contribution in [3.05, 3.63) is 28.0 Å². The highest BCUT2D eigenvalue weighted by Gasteiger charge is 2.32. The monoisotopic (exact) mass is 327 g/mol. The summed E-state index contributed by atoms with van der Waals surface area (Å²) in [5, 5.41) is 3.54. The van der Waals surface area contributed by atoms with Crippen LogP contribution in [0.3, 0.4) is 0 Å². The molecule has 1 aromatic carbocycles. The standard InChI is InChI=1S/C16H23BrFN/c1-10-5-12(9-16(3,4)8-10)19-15-7-14(18)13(17)6-11(15)2/h6-7,10,12,19H,5,8-9H2,1-4H3. The van der Waals surface area contributed by atoms with Crippen molar-refractivity contribution >= 4 is 21.6 Å². The lowest BCUT2D eigenvalue weighted by Crippen LogP contribution is -2.35. The summed E-state index contributed by atoms with van der Waals surface area (Å²) >= 11 is 3.23. The molecule has 0 aromatic heterocycles. The van der Waals surface area contributed by atoms with E-state index in [1.807, 2.05) is 13.0 Å². The van der Waals surface area contributed by atoms with Gasteiger partial charge in [0.25, 0.3) is 0 Å². The maximum atomic E-state index is 13.7. The van der Waals surface area contributed by atoms with Crippen LogP contribution in [0.15, 0.2) is 16.6 Å². The van der Waals surface area contributed by atoms with Crippen LogP contribution < -0.4 is 5.32 Å². The average Bonchev–Trinajstić information content (AvgIpc) is 2.22. The van der Waals surface area contributed by atoms with E-state index in [1.54, 1.807) is 6.07 Å². The predicted octanol–water partition coefficient (Wildman–Crippen LogP) is 5.52. The third-order valence-corrected chi connectivity index (χ3v) is 4.62. The van der Waals surface area contributed by atoms with E-state index in [1.165, 1.54) is 12.8 Å². The number of nitrogens with one attached hydrogen (secondary N) is 1. The summed E-state index contributed by atoms with van der Waals surface area (Å²) in [6.45, 7) is 8.98. The third-order valence-electron chi connectivity index (χ3n) is 4.01. The number of hydrogen-bond acceptors (Lipinski definition) is 1. The lowest BCUT2D eigenvalue weighted by molar-refractivity contribution is 0.178. The summed E-state index contributed by atoms with van der Waals surface area (Å²) in [5.74, 6) is 0.526. The predicted molar refractivity (Wildman–Crippen MR) is 83.0 cm³/mol. The zero-order valence-corrected chi connectivity index (χ0v) is 13.8. The molecule has 0 radical (unpaired) electrons. The zero-order chi connectivity index (χ0) is 14.2. The Balaban J connectivity index is 2.15. The van der Waals surface area contributed by atoms with Gasteiger partial charge >= 0.3 is 0 Å². The molecular weight excluding hydrogens is 305 g/mol. The largest absolute Gasteiger partial charge is 0.382 e. The molecule has 3 heteroatoms. The van der Waals surface area contributed by atoms with Gasteiger partial charge in [0.05, 0.1) is 4.47 Å². The molecule has 0 amide bonds. The molecule has 2 atom stereocenters. The van der Waals surface area contributed by atoms with Crippen molar-refractivity contribution in [2.45, 2.75) is 53.0 Å². The molecule has 0 spiro atoms. The van der Waals surface area contributed by atoms with Gasteiger partial charge in [0.15, 0.2) is 0 Å². The van der Waals surface area contributed by atoms with Crippen LogP contribution in [0.25, 0.3) is 0 Å². The maximum absolute atomic E-state index is 13.7. The second-order valence-electron chi connectivity index (χ2n) is 6.84. The molecule has 2 unspecified atom stereocenters. The van der Waals surface area contributed by atoms with Crippen LogP contribution >= 0.6 is 15.9 Å². The minimum Gasteiger partial charge on any atom is -0.382 e. The summed E-state index contributed by atoms with van der Waals surface area (Å²) in [6.07, 6.45) is 3.59. The number of halogens is 2. The first-order chi connectivity index (χ1) is 8.77. The van der Waals surface area contributed by atoms with Crippen molar-refractivity contribution < 1.29 is 4.39 Å². The van der Waals surface area contributed by atoms with E-state index < -0.39 is 0 Å². The second-order valence-corrected chi connectivity index (χ2v) is 7.69. The molecule has 0 bridgehead atoms. The van der Waals surface area contributed by atoms with Crippen molar-refractivity contribution in [2.75, 3.05) is 5.32 Å². The van der Waals surface area contributed by atoms with E-state index >= 15 is 0 Å². The van der Waals surface area contributed by atoms with Crippen LogP contribution in [0.1, 0.15) is 45.6 Å². The SMILES string of the molecule is Cc1cc(Br)c(F)cc1NC1CC(C)CC(C)(C)C1. The Hall–Kier alpha value is -0.570. The van der Waals surface area contributed by atoms with Gasteiger partial charge in [-0.3, -0.25) is 0 Å². The number of aryl methyl sites for hydroxylation is 1. The molecule has 1 saturated carbocycles. The average molecular weight is 328 g/mol. The fraction of sp³-hybridized carbons (Fsp3) is 0.625. The van der Waals surface area contributed by atoms with E-state index in [0.717, 1.165) is 23.6 Å². The van der Waals surface area contributed by atoms with E-state index in [-0.39, 0.29) is 5.82 Å². The van der Waals surface area contributed by atoms with Crippen LogP contribution in [0.5, 0.6) is 0 Å². The van der Waals surface area contributed by atoms with Gasteiger partial charge in [0.2, 0.25) is 0 Å². The van der Waals surface area contributed by atoms with Crippen LogP contribution in [-0.4, -0.2) is 6.04 Å². The third kappa shape index (κ3) is 3.71. The summed E-state index contributed by atoms with van der Waals surface area (Å²) in [6, 6.07) is 3.89. The quantitative estimate of drug-likeness (QED) is 0.753.